The number of para-hydroxylation sites is 2. The predicted molar refractivity (Wildman–Crippen MR) is 128 cm³/mol. The number of hydrogen-bond acceptors (Lipinski definition) is 5. The van der Waals surface area contributed by atoms with Crippen LogP contribution >= 0.6 is 0 Å². The summed E-state index contributed by atoms with van der Waals surface area (Å²) in [4.78, 5) is 24.6. The van der Waals surface area contributed by atoms with Crippen molar-refractivity contribution < 1.29 is 4.79 Å². The summed E-state index contributed by atoms with van der Waals surface area (Å²) in [5, 5.41) is 10.7. The number of aromatic nitrogens is 5. The van der Waals surface area contributed by atoms with E-state index in [1.165, 1.54) is 0 Å². The lowest BCUT2D eigenvalue weighted by molar-refractivity contribution is -0.132. The monoisotopic (exact) mass is 443 g/mol. The van der Waals surface area contributed by atoms with Crippen LogP contribution in [-0.2, 0) is 17.8 Å². The first kappa shape index (κ1) is 21.2. The summed E-state index contributed by atoms with van der Waals surface area (Å²) < 4.78 is 2.09. The molecule has 8 nitrogen and oxygen atoms in total. The number of amides is 1. The molecule has 1 aliphatic heterocycles. The molecule has 4 heterocycles. The van der Waals surface area contributed by atoms with Gasteiger partial charge in [0, 0.05) is 25.2 Å². The number of pyridine rings is 1. The van der Waals surface area contributed by atoms with Crippen molar-refractivity contribution in [2.45, 2.75) is 45.7 Å². The van der Waals surface area contributed by atoms with Gasteiger partial charge < -0.3 is 14.8 Å². The normalized spacial score (nSPS) is 16.1. The highest BCUT2D eigenvalue weighted by atomic mass is 16.2. The lowest BCUT2D eigenvalue weighted by Crippen LogP contribution is -2.34. The largest absolute Gasteiger partial charge is 0.333 e. The first-order valence-electron chi connectivity index (χ1n) is 11.6. The zero-order valence-corrected chi connectivity index (χ0v) is 19.0. The van der Waals surface area contributed by atoms with Crippen molar-refractivity contribution in [2.75, 3.05) is 11.9 Å². The number of benzene rings is 1. The van der Waals surface area contributed by atoms with E-state index in [0.29, 0.717) is 18.3 Å². The zero-order valence-electron chi connectivity index (χ0n) is 19.0. The van der Waals surface area contributed by atoms with Crippen LogP contribution in [0.15, 0.2) is 54.7 Å². The Bertz CT molecular complexity index is 1240. The predicted octanol–water partition coefficient (Wildman–Crippen LogP) is 4.46. The van der Waals surface area contributed by atoms with Crippen molar-refractivity contribution in [1.29, 1.82) is 0 Å². The van der Waals surface area contributed by atoms with Crippen LogP contribution in [0.2, 0.25) is 0 Å². The molecule has 1 aliphatic rings. The van der Waals surface area contributed by atoms with Crippen molar-refractivity contribution in [2.24, 2.45) is 5.92 Å². The summed E-state index contributed by atoms with van der Waals surface area (Å²) in [6, 6.07) is 15.7. The van der Waals surface area contributed by atoms with Crippen LogP contribution in [-0.4, -0.2) is 42.1 Å². The average Bonchev–Trinajstić information content (AvgIpc) is 3.53. The van der Waals surface area contributed by atoms with E-state index >= 15 is 0 Å². The Labute approximate surface area is 193 Å². The lowest BCUT2D eigenvalue weighted by Gasteiger charge is -2.24. The van der Waals surface area contributed by atoms with Crippen LogP contribution in [0.25, 0.3) is 11.0 Å². The Balaban J connectivity index is 1.35. The fraction of sp³-hybridized carbons (Fsp3) is 0.360. The molecule has 5 rings (SSSR count). The molecule has 1 saturated heterocycles. The highest BCUT2D eigenvalue weighted by molar-refractivity contribution is 5.81. The number of imidazole rings is 1. The maximum atomic E-state index is 13.5. The highest BCUT2D eigenvalue weighted by Crippen LogP contribution is 2.32. The number of carbonyl (C=O) groups is 1. The number of carbonyl (C=O) groups excluding carboxylic acids is 1. The number of nitrogens with zero attached hydrogens (tertiary/aromatic N) is 5. The van der Waals surface area contributed by atoms with Gasteiger partial charge >= 0.3 is 0 Å². The fourth-order valence-corrected chi connectivity index (χ4v) is 4.58. The molecule has 170 valence electrons. The van der Waals surface area contributed by atoms with Crippen LogP contribution in [0, 0.1) is 5.92 Å². The molecule has 0 saturated carbocycles. The van der Waals surface area contributed by atoms with Gasteiger partial charge in [-0.3, -0.25) is 9.89 Å². The average molecular weight is 444 g/mol. The smallest absolute Gasteiger partial charge is 0.243 e. The van der Waals surface area contributed by atoms with Crippen LogP contribution in [0.1, 0.15) is 44.2 Å². The molecule has 8 heteroatoms. The maximum absolute atomic E-state index is 13.5. The summed E-state index contributed by atoms with van der Waals surface area (Å²) in [6.45, 7) is 5.40. The minimum absolute atomic E-state index is 0.00684. The number of hydrogen-bond donors (Lipinski definition) is 2. The number of anilines is 2. The van der Waals surface area contributed by atoms with Crippen molar-refractivity contribution in [3.05, 3.63) is 66.2 Å². The third kappa shape index (κ3) is 4.46. The molecule has 0 aliphatic carbocycles. The second-order valence-electron chi connectivity index (χ2n) is 8.99. The molecule has 2 N–H and O–H groups in total. The molecule has 1 fully saturated rings. The number of fused-ring (bicyclic) bond motifs is 1. The van der Waals surface area contributed by atoms with Crippen LogP contribution < -0.4 is 5.32 Å². The van der Waals surface area contributed by atoms with Crippen molar-refractivity contribution >= 4 is 28.6 Å². The minimum Gasteiger partial charge on any atom is -0.333 e. The van der Waals surface area contributed by atoms with Crippen LogP contribution in [0.5, 0.6) is 0 Å². The number of H-pyrrole nitrogens is 1. The summed E-state index contributed by atoms with van der Waals surface area (Å²) in [5.74, 6) is 2.98. The van der Waals surface area contributed by atoms with Gasteiger partial charge in [-0.15, -0.1) is 0 Å². The highest BCUT2D eigenvalue weighted by Gasteiger charge is 2.32. The van der Waals surface area contributed by atoms with Gasteiger partial charge in [-0.05, 0) is 43.0 Å². The van der Waals surface area contributed by atoms with E-state index in [1.54, 1.807) is 6.20 Å². The summed E-state index contributed by atoms with van der Waals surface area (Å²) >= 11 is 0. The molecular formula is C25H29N7O. The van der Waals surface area contributed by atoms with Gasteiger partial charge in [0.2, 0.25) is 5.91 Å². The fourth-order valence-electron chi connectivity index (χ4n) is 4.58. The molecule has 1 atom stereocenters. The van der Waals surface area contributed by atoms with Gasteiger partial charge in [0.15, 0.2) is 5.82 Å². The molecule has 4 aromatic rings. The Kier molecular flexibility index (Phi) is 5.81. The zero-order chi connectivity index (χ0) is 22.8. The van der Waals surface area contributed by atoms with Crippen LogP contribution in [0.4, 0.5) is 11.6 Å². The number of aromatic amines is 1. The molecule has 33 heavy (non-hydrogen) atoms. The van der Waals surface area contributed by atoms with E-state index in [-0.39, 0.29) is 11.9 Å². The van der Waals surface area contributed by atoms with Gasteiger partial charge in [-0.2, -0.15) is 5.10 Å². The van der Waals surface area contributed by atoms with Crippen molar-refractivity contribution in [3.8, 4) is 0 Å². The molecule has 3 aromatic heterocycles. The summed E-state index contributed by atoms with van der Waals surface area (Å²) in [5.41, 5.74) is 2.90. The van der Waals surface area contributed by atoms with E-state index in [0.717, 1.165) is 54.2 Å². The van der Waals surface area contributed by atoms with E-state index in [4.69, 9.17) is 4.98 Å². The van der Waals surface area contributed by atoms with Crippen molar-refractivity contribution in [1.82, 2.24) is 29.6 Å². The Morgan fingerprint density at radius 3 is 2.85 bits per heavy atom. The summed E-state index contributed by atoms with van der Waals surface area (Å²) in [6.07, 6.45) is 4.47. The number of rotatable bonds is 7. The van der Waals surface area contributed by atoms with Gasteiger partial charge in [0.05, 0.1) is 22.8 Å². The van der Waals surface area contributed by atoms with Gasteiger partial charge in [0.1, 0.15) is 18.2 Å². The number of nitrogens with one attached hydrogen (secondary N) is 2. The Hall–Kier alpha value is -3.68. The number of likely N-dealkylation sites (tertiary alicyclic amines) is 1. The SMILES string of the molecule is CC(C)Cc1nc2ccccc2n1CC(=O)N1CCC[C@@H]1c1cc(Nc2ccccn2)n[nH]1. The van der Waals surface area contributed by atoms with E-state index < -0.39 is 0 Å². The van der Waals surface area contributed by atoms with E-state index in [9.17, 15) is 4.79 Å². The topological polar surface area (TPSA) is 91.7 Å². The molecule has 1 aromatic carbocycles. The molecule has 0 bridgehead atoms. The third-order valence-electron chi connectivity index (χ3n) is 6.07. The second kappa shape index (κ2) is 9.05. The van der Waals surface area contributed by atoms with Gasteiger partial charge in [0.25, 0.3) is 0 Å². The van der Waals surface area contributed by atoms with E-state index in [2.05, 4.69) is 38.9 Å². The third-order valence-corrected chi connectivity index (χ3v) is 6.07. The van der Waals surface area contributed by atoms with Crippen LogP contribution in [0.3, 0.4) is 0 Å². The molecule has 0 spiro atoms. The summed E-state index contributed by atoms with van der Waals surface area (Å²) in [7, 11) is 0. The van der Waals surface area contributed by atoms with E-state index in [1.807, 2.05) is 53.4 Å². The lowest BCUT2D eigenvalue weighted by atomic mass is 10.1. The standard InChI is InChI=1S/C25H29N7O/c1-17(2)14-24-27-18-8-3-4-9-20(18)32(24)16-25(33)31-13-7-10-21(31)19-15-23(30-29-19)28-22-11-5-6-12-26-22/h3-6,8-9,11-12,15,17,21H,7,10,13-14,16H2,1-2H3,(H2,26,28,29,30)/t21-/m1/s1. The molecule has 0 unspecified atom stereocenters. The molecule has 0 radical (unpaired) electrons. The maximum Gasteiger partial charge on any atom is 0.243 e. The Morgan fingerprint density at radius 1 is 1.18 bits per heavy atom. The second-order valence-corrected chi connectivity index (χ2v) is 8.99. The molecule has 1 amide bonds. The molecular weight excluding hydrogens is 414 g/mol. The quantitative estimate of drug-likeness (QED) is 0.440. The Morgan fingerprint density at radius 2 is 2.03 bits per heavy atom. The van der Waals surface area contributed by atoms with Crippen molar-refractivity contribution in [3.63, 3.8) is 0 Å². The minimum atomic E-state index is -0.00684. The van der Waals surface area contributed by atoms with Gasteiger partial charge in [-0.1, -0.05) is 32.0 Å². The first-order chi connectivity index (χ1) is 16.1. The van der Waals surface area contributed by atoms with Gasteiger partial charge in [-0.25, -0.2) is 9.97 Å². The first-order valence-corrected chi connectivity index (χ1v) is 11.6.